The van der Waals surface area contributed by atoms with Crippen molar-refractivity contribution in [2.45, 2.75) is 0 Å². The van der Waals surface area contributed by atoms with Crippen LogP contribution in [0.5, 0.6) is 0 Å². The van der Waals surface area contributed by atoms with Crippen LogP contribution >= 0.6 is 0 Å². The smallest absolute Gasteiger partial charge is 0.143 e. The van der Waals surface area contributed by atoms with Gasteiger partial charge in [0.05, 0.1) is 11.0 Å². The molecule has 2 heterocycles. The van der Waals surface area contributed by atoms with Crippen LogP contribution in [-0.2, 0) is 0 Å². The summed E-state index contributed by atoms with van der Waals surface area (Å²) in [6, 6.07) is 87.1. The van der Waals surface area contributed by atoms with E-state index in [1.54, 1.807) is 0 Å². The van der Waals surface area contributed by atoms with Gasteiger partial charge in [0.1, 0.15) is 11.2 Å². The van der Waals surface area contributed by atoms with Gasteiger partial charge in [-0.3, -0.25) is 0 Å². The van der Waals surface area contributed by atoms with Gasteiger partial charge in [0.15, 0.2) is 0 Å². The average Bonchev–Trinajstić information content (AvgIpc) is 3.91. The Hall–Kier alpha value is -8.40. The fourth-order valence-corrected chi connectivity index (χ4v) is 9.52. The van der Waals surface area contributed by atoms with E-state index < -0.39 is 0 Å². The van der Waals surface area contributed by atoms with Crippen molar-refractivity contribution in [1.29, 1.82) is 0 Å². The molecule has 0 fully saturated rings. The molecule has 0 aliphatic rings. The number of fused-ring (bicyclic) bond motifs is 6. The van der Waals surface area contributed by atoms with Gasteiger partial charge in [0, 0.05) is 49.9 Å². The van der Waals surface area contributed by atoms with Crippen molar-refractivity contribution < 1.29 is 4.42 Å². The van der Waals surface area contributed by atoms with Crippen LogP contribution < -0.4 is 4.90 Å². The molecule has 0 aliphatic carbocycles. The predicted molar refractivity (Wildman–Crippen MR) is 264 cm³/mol. The van der Waals surface area contributed by atoms with E-state index in [9.17, 15) is 0 Å². The first-order valence-electron chi connectivity index (χ1n) is 21.5. The van der Waals surface area contributed by atoms with Gasteiger partial charge in [-0.2, -0.15) is 0 Å². The summed E-state index contributed by atoms with van der Waals surface area (Å²) < 4.78 is 9.02. The Kier molecular flexibility index (Phi) is 8.83. The number of furan rings is 1. The van der Waals surface area contributed by atoms with Crippen molar-refractivity contribution >= 4 is 60.8 Å². The second-order valence-electron chi connectivity index (χ2n) is 16.1. The van der Waals surface area contributed by atoms with Gasteiger partial charge in [-0.15, -0.1) is 0 Å². The van der Waals surface area contributed by atoms with E-state index in [4.69, 9.17) is 4.42 Å². The van der Waals surface area contributed by atoms with Crippen LogP contribution in [0.15, 0.2) is 247 Å². The molecule has 0 spiro atoms. The summed E-state index contributed by atoms with van der Waals surface area (Å²) in [6.07, 6.45) is 0. The van der Waals surface area contributed by atoms with Crippen LogP contribution in [0.1, 0.15) is 0 Å². The Morgan fingerprint density at radius 2 is 0.825 bits per heavy atom. The molecule has 0 unspecified atom stereocenters. The maximum Gasteiger partial charge on any atom is 0.143 e. The molecular formula is C60H40N2O. The average molecular weight is 805 g/mol. The van der Waals surface area contributed by atoms with Crippen molar-refractivity contribution in [2.24, 2.45) is 0 Å². The highest BCUT2D eigenvalue weighted by atomic mass is 16.3. The maximum absolute atomic E-state index is 6.63. The summed E-state index contributed by atoms with van der Waals surface area (Å²) in [7, 11) is 0. The normalized spacial score (nSPS) is 11.5. The Morgan fingerprint density at radius 1 is 0.302 bits per heavy atom. The largest absolute Gasteiger partial charge is 0.455 e. The summed E-state index contributed by atoms with van der Waals surface area (Å²) in [5, 5.41) is 4.68. The highest BCUT2D eigenvalue weighted by Gasteiger charge is 2.21. The van der Waals surface area contributed by atoms with E-state index in [-0.39, 0.29) is 0 Å². The topological polar surface area (TPSA) is 21.3 Å². The molecule has 296 valence electrons. The monoisotopic (exact) mass is 804 g/mol. The molecule has 3 heteroatoms. The summed E-state index contributed by atoms with van der Waals surface area (Å²) >= 11 is 0. The van der Waals surface area contributed by atoms with Gasteiger partial charge in [0.2, 0.25) is 0 Å². The molecule has 0 radical (unpaired) electrons. The van der Waals surface area contributed by atoms with E-state index >= 15 is 0 Å². The standard InChI is InChI=1S/C60H40N2O/c1-4-17-41(18-5-1)48-23-10-11-24-49(48)43-31-33-45(34-32-43)61(47-36-38-52-51-25-12-14-29-57(51)62(58(52)40-47)44-21-8-3-9-22-44)46-35-37-50(56(39-46)42-19-6-2-7-20-42)54-27-16-28-55-53-26-13-15-30-59(53)63-60(54)55/h1-40H. The van der Waals surface area contributed by atoms with E-state index in [1.807, 2.05) is 6.07 Å². The number of anilines is 3. The van der Waals surface area contributed by atoms with Gasteiger partial charge in [-0.05, 0) is 99.6 Å². The third-order valence-corrected chi connectivity index (χ3v) is 12.4. The molecular weight excluding hydrogens is 765 g/mol. The minimum Gasteiger partial charge on any atom is -0.455 e. The molecule has 0 aliphatic heterocycles. The lowest BCUT2D eigenvalue weighted by Gasteiger charge is -2.27. The molecule has 63 heavy (non-hydrogen) atoms. The number of nitrogens with zero attached hydrogens (tertiary/aromatic N) is 2. The maximum atomic E-state index is 6.63. The van der Waals surface area contributed by atoms with Gasteiger partial charge >= 0.3 is 0 Å². The molecule has 2 aromatic heterocycles. The fraction of sp³-hybridized carbons (Fsp3) is 0. The van der Waals surface area contributed by atoms with Gasteiger partial charge in [-0.1, -0.05) is 182 Å². The van der Waals surface area contributed by atoms with Crippen molar-refractivity contribution in [3.8, 4) is 50.2 Å². The highest BCUT2D eigenvalue weighted by Crippen LogP contribution is 2.45. The molecule has 0 bridgehead atoms. The second kappa shape index (κ2) is 15.3. The SMILES string of the molecule is c1ccc(-c2ccccc2-c2ccc(N(c3ccc(-c4cccc5c4oc4ccccc45)c(-c4ccccc4)c3)c3ccc4c5ccccc5n(-c5ccccc5)c4c3)cc2)cc1. The second-order valence-corrected chi connectivity index (χ2v) is 16.1. The van der Waals surface area contributed by atoms with Crippen molar-refractivity contribution in [3.63, 3.8) is 0 Å². The van der Waals surface area contributed by atoms with E-state index in [0.29, 0.717) is 0 Å². The predicted octanol–water partition coefficient (Wildman–Crippen LogP) is 16.8. The molecule has 0 N–H and O–H groups in total. The van der Waals surface area contributed by atoms with E-state index in [0.717, 1.165) is 78.0 Å². The molecule has 0 saturated carbocycles. The van der Waals surface area contributed by atoms with Gasteiger partial charge in [0.25, 0.3) is 0 Å². The fourth-order valence-electron chi connectivity index (χ4n) is 9.52. The quantitative estimate of drug-likeness (QED) is 0.153. The number of hydrogen-bond donors (Lipinski definition) is 0. The summed E-state index contributed by atoms with van der Waals surface area (Å²) in [6.45, 7) is 0. The lowest BCUT2D eigenvalue weighted by molar-refractivity contribution is 0.670. The molecule has 0 atom stereocenters. The number of aromatic nitrogens is 1. The van der Waals surface area contributed by atoms with Crippen LogP contribution in [0.25, 0.3) is 93.9 Å². The molecule has 0 saturated heterocycles. The summed E-state index contributed by atoms with van der Waals surface area (Å²) in [5.74, 6) is 0. The number of rotatable bonds is 8. The number of para-hydroxylation sites is 4. The minimum atomic E-state index is 0.891. The van der Waals surface area contributed by atoms with Crippen LogP contribution in [-0.4, -0.2) is 4.57 Å². The molecule has 0 amide bonds. The van der Waals surface area contributed by atoms with Gasteiger partial charge in [-0.25, -0.2) is 0 Å². The van der Waals surface area contributed by atoms with E-state index in [2.05, 4.69) is 246 Å². The Labute approximate surface area is 366 Å². The lowest BCUT2D eigenvalue weighted by Crippen LogP contribution is -2.10. The Balaban J connectivity index is 1.08. The van der Waals surface area contributed by atoms with Crippen LogP contribution in [0, 0.1) is 0 Å². The Bertz CT molecular complexity index is 3600. The first kappa shape index (κ1) is 36.5. The molecule has 12 rings (SSSR count). The highest BCUT2D eigenvalue weighted by molar-refractivity contribution is 6.12. The zero-order chi connectivity index (χ0) is 41.7. The van der Waals surface area contributed by atoms with Crippen molar-refractivity contribution in [2.75, 3.05) is 4.90 Å². The first-order valence-corrected chi connectivity index (χ1v) is 21.5. The zero-order valence-electron chi connectivity index (χ0n) is 34.4. The summed E-state index contributed by atoms with van der Waals surface area (Å²) in [5.41, 5.74) is 17.6. The van der Waals surface area contributed by atoms with Crippen LogP contribution in [0.2, 0.25) is 0 Å². The molecule has 12 aromatic rings. The molecule has 3 nitrogen and oxygen atoms in total. The Morgan fingerprint density at radius 3 is 1.57 bits per heavy atom. The zero-order valence-corrected chi connectivity index (χ0v) is 34.4. The van der Waals surface area contributed by atoms with Gasteiger partial charge < -0.3 is 13.9 Å². The van der Waals surface area contributed by atoms with Crippen molar-refractivity contribution in [3.05, 3.63) is 243 Å². The number of hydrogen-bond acceptors (Lipinski definition) is 2. The van der Waals surface area contributed by atoms with Crippen LogP contribution in [0.4, 0.5) is 17.1 Å². The number of benzene rings is 10. The minimum absolute atomic E-state index is 0.891. The van der Waals surface area contributed by atoms with Crippen LogP contribution in [0.3, 0.4) is 0 Å². The summed E-state index contributed by atoms with van der Waals surface area (Å²) in [4.78, 5) is 2.40. The molecule has 10 aromatic carbocycles. The van der Waals surface area contributed by atoms with Crippen molar-refractivity contribution in [1.82, 2.24) is 4.57 Å². The third-order valence-electron chi connectivity index (χ3n) is 12.4. The van der Waals surface area contributed by atoms with E-state index in [1.165, 1.54) is 33.0 Å². The lowest BCUT2D eigenvalue weighted by atomic mass is 9.92. The first-order chi connectivity index (χ1) is 31.3. The third kappa shape index (κ3) is 6.29.